The first kappa shape index (κ1) is 7.10. The lowest BCUT2D eigenvalue weighted by molar-refractivity contribution is -0.125. The summed E-state index contributed by atoms with van der Waals surface area (Å²) in [5, 5.41) is 7.59. The van der Waals surface area contributed by atoms with E-state index < -0.39 is 0 Å². The van der Waals surface area contributed by atoms with Gasteiger partial charge in [-0.15, -0.1) is 0 Å². The Balaban J connectivity index is 3.83. The molecule has 0 atom stereocenters. The number of hydrogen-bond donors (Lipinski definition) is 2. The smallest absolute Gasteiger partial charge is 0.239 e. The Labute approximate surface area is 47.8 Å². The number of amides is 1. The van der Waals surface area contributed by atoms with Crippen molar-refractivity contribution in [2.75, 3.05) is 0 Å². The van der Waals surface area contributed by atoms with Gasteiger partial charge in [0.2, 0.25) is 5.91 Å². The summed E-state index contributed by atoms with van der Waals surface area (Å²) in [6.07, 6.45) is 0. The Hall–Kier alpha value is -0.900. The molecule has 0 heterocycles. The van der Waals surface area contributed by atoms with Crippen LogP contribution >= 0.6 is 0 Å². The van der Waals surface area contributed by atoms with Gasteiger partial charge in [-0.25, -0.2) is 10.9 Å². The van der Waals surface area contributed by atoms with Crippen LogP contribution in [0.4, 0.5) is 0 Å². The molecule has 0 aromatic carbocycles. The van der Waals surface area contributed by atoms with Gasteiger partial charge in [-0.3, -0.25) is 10.2 Å². The van der Waals surface area contributed by atoms with Crippen LogP contribution in [0.5, 0.6) is 0 Å². The van der Waals surface area contributed by atoms with Gasteiger partial charge >= 0.3 is 0 Å². The molecule has 0 unspecified atom stereocenters. The number of amidine groups is 1. The fourth-order valence-corrected chi connectivity index (χ4v) is 0.236. The predicted molar refractivity (Wildman–Crippen MR) is 30.1 cm³/mol. The van der Waals surface area contributed by atoms with Gasteiger partial charge < -0.3 is 0 Å². The highest BCUT2D eigenvalue weighted by atomic mass is 16.2. The Bertz CT molecular complexity index is 106. The molecule has 0 rings (SSSR count). The summed E-state index contributed by atoms with van der Waals surface area (Å²) < 4.78 is 0. The summed E-state index contributed by atoms with van der Waals surface area (Å²) in [6, 6.07) is 0. The predicted octanol–water partition coefficient (Wildman–Crippen LogP) is -0.294. The van der Waals surface area contributed by atoms with E-state index in [0.29, 0.717) is 0 Å². The Morgan fingerprint density at radius 1 is 1.62 bits per heavy atom. The van der Waals surface area contributed by atoms with Gasteiger partial charge in [-0.1, -0.05) is 0 Å². The number of carbonyl (C=O) groups excluding carboxylic acids is 1. The quantitative estimate of drug-likeness (QED) is 0.150. The molecule has 0 radical (unpaired) electrons. The van der Waals surface area contributed by atoms with Crippen molar-refractivity contribution in [1.82, 2.24) is 5.01 Å². The fraction of sp³-hybridized carbons (Fsp3) is 0.500. The summed E-state index contributed by atoms with van der Waals surface area (Å²) in [6.45, 7) is 2.75. The lowest BCUT2D eigenvalue weighted by atomic mass is 10.6. The van der Waals surface area contributed by atoms with Gasteiger partial charge in [0.15, 0.2) is 0 Å². The second-order valence-corrected chi connectivity index (χ2v) is 1.47. The van der Waals surface area contributed by atoms with Gasteiger partial charge in [0.1, 0.15) is 5.84 Å². The number of nitrogens with two attached hydrogens (primary N) is 1. The van der Waals surface area contributed by atoms with E-state index in [0.717, 1.165) is 5.01 Å². The van der Waals surface area contributed by atoms with Crippen molar-refractivity contribution in [3.63, 3.8) is 0 Å². The van der Waals surface area contributed by atoms with E-state index in [9.17, 15) is 4.79 Å². The highest BCUT2D eigenvalue weighted by molar-refractivity contribution is 5.93. The minimum Gasteiger partial charge on any atom is -0.287 e. The first-order valence-electron chi connectivity index (χ1n) is 2.16. The van der Waals surface area contributed by atoms with Crippen LogP contribution in [0.2, 0.25) is 0 Å². The molecule has 0 aliphatic heterocycles. The molecule has 0 saturated heterocycles. The van der Waals surface area contributed by atoms with Gasteiger partial charge in [0.05, 0.1) is 0 Å². The van der Waals surface area contributed by atoms with E-state index in [1.54, 1.807) is 0 Å². The molecule has 0 saturated carbocycles. The van der Waals surface area contributed by atoms with Gasteiger partial charge in [-0.2, -0.15) is 0 Å². The lowest BCUT2D eigenvalue weighted by Crippen LogP contribution is -2.38. The second kappa shape index (κ2) is 2.42. The number of hydrazine groups is 1. The number of nitrogens with zero attached hydrogens (tertiary/aromatic N) is 1. The molecule has 0 aliphatic carbocycles. The molecule has 0 fully saturated rings. The summed E-state index contributed by atoms with van der Waals surface area (Å²) in [5.74, 6) is 4.75. The maximum Gasteiger partial charge on any atom is 0.239 e. The molecule has 0 aromatic heterocycles. The average molecular weight is 115 g/mol. The highest BCUT2D eigenvalue weighted by Gasteiger charge is 2.01. The maximum atomic E-state index is 10.2. The van der Waals surface area contributed by atoms with Crippen molar-refractivity contribution in [3.05, 3.63) is 0 Å². The van der Waals surface area contributed by atoms with Crippen molar-refractivity contribution in [2.24, 2.45) is 5.84 Å². The monoisotopic (exact) mass is 115 g/mol. The first-order chi connectivity index (χ1) is 3.55. The SMILES string of the molecule is CC(=N)N(N)C(C)=O. The van der Waals surface area contributed by atoms with Crippen LogP contribution in [0, 0.1) is 5.41 Å². The molecule has 4 heteroatoms. The maximum absolute atomic E-state index is 10.2. The molecule has 0 aromatic rings. The third-order valence-corrected chi connectivity index (χ3v) is 0.701. The zero-order valence-electron chi connectivity index (χ0n) is 4.93. The molecule has 0 spiro atoms. The van der Waals surface area contributed by atoms with E-state index in [1.165, 1.54) is 13.8 Å². The zero-order valence-corrected chi connectivity index (χ0v) is 4.93. The van der Waals surface area contributed by atoms with Crippen molar-refractivity contribution >= 4 is 11.7 Å². The van der Waals surface area contributed by atoms with Crippen LogP contribution in [0.3, 0.4) is 0 Å². The van der Waals surface area contributed by atoms with Crippen molar-refractivity contribution in [1.29, 1.82) is 5.41 Å². The molecular weight excluding hydrogens is 106 g/mol. The molecule has 0 bridgehead atoms. The zero-order chi connectivity index (χ0) is 6.73. The van der Waals surface area contributed by atoms with E-state index >= 15 is 0 Å². The number of nitrogens with one attached hydrogen (secondary N) is 1. The summed E-state index contributed by atoms with van der Waals surface area (Å²) in [4.78, 5) is 10.2. The molecule has 4 nitrogen and oxygen atoms in total. The Morgan fingerprint density at radius 3 is 2.00 bits per heavy atom. The lowest BCUT2D eigenvalue weighted by Gasteiger charge is -2.09. The molecule has 0 aliphatic rings. The van der Waals surface area contributed by atoms with E-state index in [2.05, 4.69) is 0 Å². The van der Waals surface area contributed by atoms with Crippen LogP contribution in [0.15, 0.2) is 0 Å². The van der Waals surface area contributed by atoms with Crippen LogP contribution in [-0.2, 0) is 4.79 Å². The van der Waals surface area contributed by atoms with Crippen molar-refractivity contribution < 1.29 is 4.79 Å². The Kier molecular flexibility index (Phi) is 2.15. The fourth-order valence-electron chi connectivity index (χ4n) is 0.236. The first-order valence-corrected chi connectivity index (χ1v) is 2.16. The topological polar surface area (TPSA) is 70.2 Å². The van der Waals surface area contributed by atoms with Crippen LogP contribution < -0.4 is 5.84 Å². The molecule has 8 heavy (non-hydrogen) atoms. The molecule has 1 amide bonds. The standard InChI is InChI=1S/C4H9N3O/c1-3(5)7(6)4(2)8/h5H,6H2,1-2H3. The largest absolute Gasteiger partial charge is 0.287 e. The number of hydrogen-bond acceptors (Lipinski definition) is 3. The van der Waals surface area contributed by atoms with Crippen molar-refractivity contribution in [3.8, 4) is 0 Å². The van der Waals surface area contributed by atoms with Crippen LogP contribution in [0.1, 0.15) is 13.8 Å². The summed E-state index contributed by atoms with van der Waals surface area (Å²) in [7, 11) is 0. The third kappa shape index (κ3) is 1.70. The van der Waals surface area contributed by atoms with Crippen molar-refractivity contribution in [2.45, 2.75) is 13.8 Å². The number of rotatable bonds is 0. The highest BCUT2D eigenvalue weighted by Crippen LogP contribution is 1.77. The molecular formula is C4H9N3O. The van der Waals surface area contributed by atoms with Gasteiger partial charge in [-0.05, 0) is 6.92 Å². The van der Waals surface area contributed by atoms with E-state index in [-0.39, 0.29) is 11.7 Å². The minimum absolute atomic E-state index is 0.0532. The average Bonchev–Trinajstić information content (AvgIpc) is 1.64. The van der Waals surface area contributed by atoms with Crippen LogP contribution in [0.25, 0.3) is 0 Å². The Morgan fingerprint density at radius 2 is 2.00 bits per heavy atom. The molecule has 46 valence electrons. The number of carbonyl (C=O) groups is 1. The van der Waals surface area contributed by atoms with Gasteiger partial charge in [0.25, 0.3) is 0 Å². The third-order valence-electron chi connectivity index (χ3n) is 0.701. The summed E-state index contributed by atoms with van der Waals surface area (Å²) in [5.41, 5.74) is 0. The van der Waals surface area contributed by atoms with E-state index in [4.69, 9.17) is 11.3 Å². The van der Waals surface area contributed by atoms with Crippen LogP contribution in [-0.4, -0.2) is 16.8 Å². The van der Waals surface area contributed by atoms with Gasteiger partial charge in [0, 0.05) is 6.92 Å². The second-order valence-electron chi connectivity index (χ2n) is 1.47. The minimum atomic E-state index is -0.322. The van der Waals surface area contributed by atoms with E-state index in [1.807, 2.05) is 0 Å². The molecule has 3 N–H and O–H groups in total. The normalized spacial score (nSPS) is 8.38. The summed E-state index contributed by atoms with van der Waals surface area (Å²) >= 11 is 0.